The largest absolute Gasteiger partial charge is 0.466 e. The molecule has 0 bridgehead atoms. The first-order chi connectivity index (χ1) is 15.3. The Morgan fingerprint density at radius 2 is 2.00 bits per heavy atom. The van der Waals surface area contributed by atoms with Gasteiger partial charge in [-0.25, -0.2) is 4.79 Å². The number of fused-ring (bicyclic) bond motifs is 3. The minimum Gasteiger partial charge on any atom is -0.466 e. The van der Waals surface area contributed by atoms with Crippen LogP contribution in [-0.4, -0.2) is 29.6 Å². The number of urea groups is 1. The molecule has 2 aliphatic rings. The zero-order chi connectivity index (χ0) is 22.7. The molecule has 32 heavy (non-hydrogen) atoms. The molecular formula is C26H24IN3O2. The molecule has 0 saturated heterocycles. The molecular weight excluding hydrogens is 513 g/mol. The highest BCUT2D eigenvalue weighted by Crippen LogP contribution is 2.52. The third kappa shape index (κ3) is 3.02. The summed E-state index contributed by atoms with van der Waals surface area (Å²) < 4.78 is 9.54. The first-order valence-corrected chi connectivity index (χ1v) is 11.6. The van der Waals surface area contributed by atoms with Crippen LogP contribution in [0.25, 0.3) is 17.0 Å². The van der Waals surface area contributed by atoms with Crippen molar-refractivity contribution in [3.63, 3.8) is 0 Å². The van der Waals surface area contributed by atoms with Crippen LogP contribution < -0.4 is 4.90 Å². The number of benzene rings is 1. The monoisotopic (exact) mass is 537 g/mol. The lowest BCUT2D eigenvalue weighted by atomic mass is 9.86. The Bertz CT molecular complexity index is 1310. The van der Waals surface area contributed by atoms with Crippen LogP contribution in [0.2, 0.25) is 0 Å². The van der Waals surface area contributed by atoms with Crippen LogP contribution in [0, 0.1) is 28.8 Å². The van der Waals surface area contributed by atoms with Crippen molar-refractivity contribution in [3.05, 3.63) is 69.3 Å². The number of rotatable bonds is 2. The van der Waals surface area contributed by atoms with Gasteiger partial charge < -0.3 is 8.98 Å². The summed E-state index contributed by atoms with van der Waals surface area (Å²) in [7, 11) is 3.61. The van der Waals surface area contributed by atoms with E-state index in [1.807, 2.05) is 26.1 Å². The summed E-state index contributed by atoms with van der Waals surface area (Å²) in [6, 6.07) is 12.3. The van der Waals surface area contributed by atoms with Crippen LogP contribution in [0.15, 0.2) is 47.4 Å². The number of amides is 2. The fourth-order valence-electron chi connectivity index (χ4n) is 5.02. The summed E-state index contributed by atoms with van der Waals surface area (Å²) in [5.74, 6) is 4.73. The molecule has 4 heterocycles. The third-order valence-electron chi connectivity index (χ3n) is 6.57. The van der Waals surface area contributed by atoms with E-state index in [2.05, 4.69) is 63.9 Å². The van der Waals surface area contributed by atoms with E-state index in [0.717, 1.165) is 49.7 Å². The first-order valence-electron chi connectivity index (χ1n) is 10.6. The Hall–Kier alpha value is -2.92. The molecule has 162 valence electrons. The Morgan fingerprint density at radius 3 is 2.66 bits per heavy atom. The SMILES string of the molecule is C#C[C@@H]1C[C@H](c2ccc(C)o2)c2c3c(c(-c4cccc(I)c4)n2C1)C(=C)N(C)C(=O)N3C. The van der Waals surface area contributed by atoms with Crippen molar-refractivity contribution in [1.82, 2.24) is 9.47 Å². The Labute approximate surface area is 201 Å². The van der Waals surface area contributed by atoms with Crippen molar-refractivity contribution in [2.24, 2.45) is 5.92 Å². The quantitative estimate of drug-likeness (QED) is 0.301. The van der Waals surface area contributed by atoms with Gasteiger partial charge in [0.15, 0.2) is 0 Å². The van der Waals surface area contributed by atoms with E-state index in [-0.39, 0.29) is 17.9 Å². The van der Waals surface area contributed by atoms with Gasteiger partial charge in [0.1, 0.15) is 11.5 Å². The van der Waals surface area contributed by atoms with Gasteiger partial charge in [0.2, 0.25) is 0 Å². The summed E-state index contributed by atoms with van der Waals surface area (Å²) >= 11 is 2.33. The lowest BCUT2D eigenvalue weighted by Gasteiger charge is -2.35. The number of terminal acetylenes is 1. The van der Waals surface area contributed by atoms with Gasteiger partial charge in [-0.1, -0.05) is 18.7 Å². The zero-order valence-electron chi connectivity index (χ0n) is 18.4. The highest BCUT2D eigenvalue weighted by atomic mass is 127. The number of aromatic nitrogens is 1. The second-order valence-corrected chi connectivity index (χ2v) is 9.77. The summed E-state index contributed by atoms with van der Waals surface area (Å²) in [6.45, 7) is 6.95. The van der Waals surface area contributed by atoms with Crippen LogP contribution in [0.5, 0.6) is 0 Å². The van der Waals surface area contributed by atoms with Crippen molar-refractivity contribution in [3.8, 4) is 23.6 Å². The number of carbonyl (C=O) groups excluding carboxylic acids is 1. The molecule has 2 atom stereocenters. The van der Waals surface area contributed by atoms with E-state index in [4.69, 9.17) is 10.8 Å². The predicted molar refractivity (Wildman–Crippen MR) is 135 cm³/mol. The number of aryl methyl sites for hydroxylation is 1. The topological polar surface area (TPSA) is 41.6 Å². The van der Waals surface area contributed by atoms with E-state index in [9.17, 15) is 4.79 Å². The number of hydrogen-bond acceptors (Lipinski definition) is 2. The predicted octanol–water partition coefficient (Wildman–Crippen LogP) is 5.92. The highest BCUT2D eigenvalue weighted by molar-refractivity contribution is 14.1. The van der Waals surface area contributed by atoms with Crippen molar-refractivity contribution in [2.45, 2.75) is 25.8 Å². The molecule has 0 fully saturated rings. The fourth-order valence-corrected chi connectivity index (χ4v) is 5.57. The lowest BCUT2D eigenvalue weighted by Crippen LogP contribution is -2.42. The zero-order valence-corrected chi connectivity index (χ0v) is 20.5. The molecule has 0 N–H and O–H groups in total. The van der Waals surface area contributed by atoms with Gasteiger partial charge in [-0.3, -0.25) is 9.80 Å². The van der Waals surface area contributed by atoms with E-state index in [0.29, 0.717) is 12.2 Å². The average molecular weight is 537 g/mol. The second kappa shape index (κ2) is 7.59. The minimum absolute atomic E-state index is 0.0461. The molecule has 0 saturated carbocycles. The maximum atomic E-state index is 13.1. The average Bonchev–Trinajstić information content (AvgIpc) is 3.37. The fraction of sp³-hybridized carbons (Fsp3) is 0.269. The van der Waals surface area contributed by atoms with Gasteiger partial charge in [0.05, 0.1) is 23.0 Å². The van der Waals surface area contributed by atoms with E-state index >= 15 is 0 Å². The maximum absolute atomic E-state index is 13.1. The van der Waals surface area contributed by atoms with Gasteiger partial charge >= 0.3 is 6.03 Å². The molecule has 0 spiro atoms. The third-order valence-corrected chi connectivity index (χ3v) is 7.24. The van der Waals surface area contributed by atoms with Crippen LogP contribution in [0.1, 0.15) is 35.1 Å². The lowest BCUT2D eigenvalue weighted by molar-refractivity contribution is 0.231. The van der Waals surface area contributed by atoms with Crippen molar-refractivity contribution in [2.75, 3.05) is 19.0 Å². The van der Waals surface area contributed by atoms with Crippen molar-refractivity contribution >= 4 is 40.0 Å². The summed E-state index contributed by atoms with van der Waals surface area (Å²) in [5, 5.41) is 0. The Kier molecular flexibility index (Phi) is 4.97. The molecule has 2 amide bonds. The van der Waals surface area contributed by atoms with E-state index < -0.39 is 0 Å². The van der Waals surface area contributed by atoms with Gasteiger partial charge in [0.25, 0.3) is 0 Å². The number of furan rings is 1. The Morgan fingerprint density at radius 1 is 1.22 bits per heavy atom. The van der Waals surface area contributed by atoms with Crippen LogP contribution in [0.4, 0.5) is 10.5 Å². The molecule has 0 radical (unpaired) electrons. The maximum Gasteiger partial charge on any atom is 0.328 e. The number of hydrogen-bond donors (Lipinski definition) is 0. The van der Waals surface area contributed by atoms with Gasteiger partial charge in [-0.15, -0.1) is 12.3 Å². The standard InChI is InChI=1S/C26H24IN3O2/c1-6-17-12-20(21-11-10-15(2)32-21)24-25-22(16(3)28(4)26(31)29(25)5)23(30(24)14-17)18-8-7-9-19(27)13-18/h1,7-11,13,17,20H,3,12,14H2,2,4-5H3/t17-,20-/m1/s1. The molecule has 1 aromatic carbocycles. The number of anilines is 1. The number of nitrogens with zero attached hydrogens (tertiary/aromatic N) is 3. The van der Waals surface area contributed by atoms with Crippen molar-refractivity contribution in [1.29, 1.82) is 0 Å². The molecule has 0 aliphatic carbocycles. The normalized spacial score (nSPS) is 20.2. The van der Waals surface area contributed by atoms with Crippen LogP contribution in [-0.2, 0) is 6.54 Å². The summed E-state index contributed by atoms with van der Waals surface area (Å²) in [4.78, 5) is 16.4. The van der Waals surface area contributed by atoms with E-state index in [1.54, 1.807) is 16.8 Å². The van der Waals surface area contributed by atoms with E-state index in [1.165, 1.54) is 0 Å². The highest BCUT2D eigenvalue weighted by Gasteiger charge is 2.42. The van der Waals surface area contributed by atoms with Crippen LogP contribution >= 0.6 is 22.6 Å². The number of halogens is 1. The molecule has 2 aliphatic heterocycles. The summed E-state index contributed by atoms with van der Waals surface area (Å²) in [5.41, 5.74) is 5.80. The molecule has 3 aromatic rings. The smallest absolute Gasteiger partial charge is 0.328 e. The molecule has 0 unspecified atom stereocenters. The van der Waals surface area contributed by atoms with Gasteiger partial charge in [0, 0.05) is 41.4 Å². The molecule has 6 heteroatoms. The molecule has 5 rings (SSSR count). The number of carbonyl (C=O) groups is 1. The molecule has 5 nitrogen and oxygen atoms in total. The Balaban J connectivity index is 1.88. The van der Waals surface area contributed by atoms with Gasteiger partial charge in [-0.2, -0.15) is 0 Å². The van der Waals surface area contributed by atoms with Crippen molar-refractivity contribution < 1.29 is 9.21 Å². The summed E-state index contributed by atoms with van der Waals surface area (Å²) in [6.07, 6.45) is 6.73. The minimum atomic E-state index is -0.0986. The second-order valence-electron chi connectivity index (χ2n) is 8.53. The van der Waals surface area contributed by atoms with Crippen LogP contribution in [0.3, 0.4) is 0 Å². The first kappa shape index (κ1) is 21.0. The van der Waals surface area contributed by atoms with Gasteiger partial charge in [-0.05, 0) is 65.8 Å². The molecule has 2 aromatic heterocycles.